The first kappa shape index (κ1) is 16.7. The average Bonchev–Trinajstić information content (AvgIpc) is 3.08. The second-order valence-electron chi connectivity index (χ2n) is 6.72. The molecule has 0 saturated carbocycles. The van der Waals surface area contributed by atoms with Crippen molar-refractivity contribution < 1.29 is 9.68 Å². The summed E-state index contributed by atoms with van der Waals surface area (Å²) in [7, 11) is -0.336. The topological polar surface area (TPSA) is 34.4 Å². The molecule has 0 amide bonds. The van der Waals surface area contributed by atoms with Crippen LogP contribution < -0.4 is 4.65 Å². The van der Waals surface area contributed by atoms with E-state index in [0.717, 1.165) is 22.1 Å². The van der Waals surface area contributed by atoms with Crippen LogP contribution in [0.15, 0.2) is 97.1 Å². The van der Waals surface area contributed by atoms with E-state index in [4.69, 9.17) is 9.68 Å². The Hall–Kier alpha value is -3.50. The Morgan fingerprint density at radius 2 is 1.32 bits per heavy atom. The van der Waals surface area contributed by atoms with Gasteiger partial charge in [0.25, 0.3) is 0 Å². The summed E-state index contributed by atoms with van der Waals surface area (Å²) < 4.78 is 7.56. The lowest BCUT2D eigenvalue weighted by molar-refractivity contribution is 0.454. The van der Waals surface area contributed by atoms with Crippen LogP contribution in [0.1, 0.15) is 0 Å². The molecule has 0 fully saturated rings. The van der Waals surface area contributed by atoms with Crippen LogP contribution in [0.2, 0.25) is 0 Å². The number of hydrogen-bond acceptors (Lipinski definition) is 2. The molecule has 5 rings (SSSR count). The van der Waals surface area contributed by atoms with Gasteiger partial charge in [0.1, 0.15) is 5.75 Å². The van der Waals surface area contributed by atoms with Gasteiger partial charge in [-0.2, -0.15) is 0 Å². The zero-order chi connectivity index (χ0) is 18.9. The van der Waals surface area contributed by atoms with Crippen molar-refractivity contribution in [3.05, 3.63) is 97.1 Å². The predicted octanol–water partition coefficient (Wildman–Crippen LogP) is 5.09. The smallest absolute Gasteiger partial charge is 0.504 e. The second-order valence-corrected chi connectivity index (χ2v) is 6.72. The molecule has 5 aromatic rings. The number of benzene rings is 4. The summed E-state index contributed by atoms with van der Waals surface area (Å²) >= 11 is 0. The van der Waals surface area contributed by atoms with E-state index in [1.807, 2.05) is 18.2 Å². The van der Waals surface area contributed by atoms with Crippen LogP contribution in [0, 0.1) is 0 Å². The molecular formula is C24H18BNO2. The van der Waals surface area contributed by atoms with E-state index >= 15 is 0 Å². The Morgan fingerprint density at radius 3 is 2.11 bits per heavy atom. The van der Waals surface area contributed by atoms with Crippen LogP contribution in [-0.2, 0) is 0 Å². The Balaban J connectivity index is 1.71. The number of para-hydroxylation sites is 1. The minimum absolute atomic E-state index is 0.336. The summed E-state index contributed by atoms with van der Waals surface area (Å²) in [4.78, 5) is 0. The number of fused-ring (bicyclic) bond motifs is 3. The van der Waals surface area contributed by atoms with Crippen LogP contribution in [0.5, 0.6) is 5.75 Å². The fourth-order valence-corrected chi connectivity index (χ4v) is 3.83. The first-order chi connectivity index (χ1) is 13.8. The van der Waals surface area contributed by atoms with Crippen molar-refractivity contribution in [1.82, 2.24) is 4.57 Å². The van der Waals surface area contributed by atoms with Gasteiger partial charge in [0, 0.05) is 22.5 Å². The minimum Gasteiger partial charge on any atom is -0.539 e. The summed E-state index contributed by atoms with van der Waals surface area (Å²) in [5, 5.41) is 11.5. The van der Waals surface area contributed by atoms with E-state index in [0.29, 0.717) is 5.75 Å². The standard InChI is InChI=1S/C24H18BNO2/c27-25-28-20-14-15-22-21-8-4-5-9-23(21)26(24(22)16-20)19-12-10-18(11-13-19)17-6-2-1-3-7-17/h1-16,25,27H. The maximum absolute atomic E-state index is 9.13. The molecule has 0 bridgehead atoms. The number of rotatable bonds is 4. The van der Waals surface area contributed by atoms with Crippen molar-refractivity contribution in [2.24, 2.45) is 0 Å². The molecule has 1 N–H and O–H groups in total. The molecule has 1 aromatic heterocycles. The summed E-state index contributed by atoms with van der Waals surface area (Å²) in [5.41, 5.74) is 5.68. The highest BCUT2D eigenvalue weighted by atomic mass is 16.5. The van der Waals surface area contributed by atoms with Gasteiger partial charge in [-0.05, 0) is 41.5 Å². The minimum atomic E-state index is -0.336. The highest BCUT2D eigenvalue weighted by Crippen LogP contribution is 2.34. The van der Waals surface area contributed by atoms with Crippen molar-refractivity contribution in [2.45, 2.75) is 0 Å². The van der Waals surface area contributed by atoms with Crippen LogP contribution in [0.25, 0.3) is 38.6 Å². The molecular weight excluding hydrogens is 345 g/mol. The molecule has 0 atom stereocenters. The molecule has 0 spiro atoms. The number of nitrogens with zero attached hydrogens (tertiary/aromatic N) is 1. The average molecular weight is 363 g/mol. The Labute approximate surface area is 163 Å². The van der Waals surface area contributed by atoms with Crippen LogP contribution >= 0.6 is 0 Å². The molecule has 1 heterocycles. The van der Waals surface area contributed by atoms with Gasteiger partial charge in [-0.15, -0.1) is 0 Å². The largest absolute Gasteiger partial charge is 0.539 e. The van der Waals surface area contributed by atoms with Gasteiger partial charge in [-0.25, -0.2) is 0 Å². The van der Waals surface area contributed by atoms with Gasteiger partial charge in [0.05, 0.1) is 11.0 Å². The molecule has 0 radical (unpaired) electrons. The van der Waals surface area contributed by atoms with Crippen LogP contribution in [0.4, 0.5) is 0 Å². The van der Waals surface area contributed by atoms with E-state index in [-0.39, 0.29) is 7.69 Å². The highest BCUT2D eigenvalue weighted by molar-refractivity contribution is 6.17. The number of hydrogen-bond donors (Lipinski definition) is 1. The Morgan fingerprint density at radius 1 is 0.643 bits per heavy atom. The lowest BCUT2D eigenvalue weighted by Gasteiger charge is -2.10. The van der Waals surface area contributed by atoms with E-state index < -0.39 is 0 Å². The molecule has 4 aromatic carbocycles. The van der Waals surface area contributed by atoms with E-state index in [9.17, 15) is 0 Å². The molecule has 3 nitrogen and oxygen atoms in total. The van der Waals surface area contributed by atoms with Gasteiger partial charge >= 0.3 is 7.69 Å². The predicted molar refractivity (Wildman–Crippen MR) is 116 cm³/mol. The zero-order valence-electron chi connectivity index (χ0n) is 15.2. The lowest BCUT2D eigenvalue weighted by Crippen LogP contribution is -2.00. The Kier molecular flexibility index (Phi) is 4.11. The van der Waals surface area contributed by atoms with E-state index in [1.165, 1.54) is 16.5 Å². The van der Waals surface area contributed by atoms with Gasteiger partial charge in [0.2, 0.25) is 0 Å². The molecule has 28 heavy (non-hydrogen) atoms. The second kappa shape index (κ2) is 6.91. The Bertz CT molecular complexity index is 1260. The summed E-state index contributed by atoms with van der Waals surface area (Å²) in [6.45, 7) is 0. The molecule has 0 saturated heterocycles. The summed E-state index contributed by atoms with van der Waals surface area (Å²) in [6.07, 6.45) is 0. The van der Waals surface area contributed by atoms with Gasteiger partial charge in [-0.3, -0.25) is 0 Å². The van der Waals surface area contributed by atoms with Crippen molar-refractivity contribution in [3.63, 3.8) is 0 Å². The third-order valence-electron chi connectivity index (χ3n) is 5.11. The first-order valence-electron chi connectivity index (χ1n) is 9.28. The monoisotopic (exact) mass is 363 g/mol. The van der Waals surface area contributed by atoms with Crippen molar-refractivity contribution in [2.75, 3.05) is 0 Å². The van der Waals surface area contributed by atoms with Crippen LogP contribution in [0.3, 0.4) is 0 Å². The highest BCUT2D eigenvalue weighted by Gasteiger charge is 2.13. The quantitative estimate of drug-likeness (QED) is 0.452. The SMILES string of the molecule is OBOc1ccc2c3ccccc3n(-c3ccc(-c4ccccc4)cc3)c2c1. The molecule has 0 aliphatic heterocycles. The van der Waals surface area contributed by atoms with E-state index in [1.54, 1.807) is 0 Å². The molecule has 0 unspecified atom stereocenters. The fourth-order valence-electron chi connectivity index (χ4n) is 3.83. The maximum Gasteiger partial charge on any atom is 0.504 e. The fraction of sp³-hybridized carbons (Fsp3) is 0. The van der Waals surface area contributed by atoms with Gasteiger partial charge in [0.15, 0.2) is 0 Å². The normalized spacial score (nSPS) is 11.0. The maximum atomic E-state index is 9.13. The summed E-state index contributed by atoms with van der Waals surface area (Å²) in [5.74, 6) is 0.653. The molecule has 0 aliphatic rings. The van der Waals surface area contributed by atoms with E-state index in [2.05, 4.69) is 83.4 Å². The van der Waals surface area contributed by atoms with Crippen LogP contribution in [-0.4, -0.2) is 17.3 Å². The molecule has 134 valence electrons. The third kappa shape index (κ3) is 2.75. The van der Waals surface area contributed by atoms with Crippen molar-refractivity contribution in [1.29, 1.82) is 0 Å². The van der Waals surface area contributed by atoms with Gasteiger partial charge in [-0.1, -0.05) is 60.7 Å². The zero-order valence-corrected chi connectivity index (χ0v) is 15.2. The number of aromatic nitrogens is 1. The first-order valence-corrected chi connectivity index (χ1v) is 9.28. The molecule has 0 aliphatic carbocycles. The van der Waals surface area contributed by atoms with Crippen molar-refractivity contribution in [3.8, 4) is 22.6 Å². The van der Waals surface area contributed by atoms with Gasteiger partial charge < -0.3 is 14.2 Å². The lowest BCUT2D eigenvalue weighted by atomic mass is 10.1. The molecule has 4 heteroatoms. The third-order valence-corrected chi connectivity index (χ3v) is 5.11. The van der Waals surface area contributed by atoms with Crippen molar-refractivity contribution >= 4 is 29.5 Å². The summed E-state index contributed by atoms with van der Waals surface area (Å²) in [6, 6.07) is 33.3.